The van der Waals surface area contributed by atoms with Gasteiger partial charge in [-0.15, -0.1) is 0 Å². The number of benzene rings is 1. The lowest BCUT2D eigenvalue weighted by atomic mass is 9.86. The Morgan fingerprint density at radius 2 is 2.05 bits per heavy atom. The molecule has 3 nitrogen and oxygen atoms in total. The van der Waals surface area contributed by atoms with Gasteiger partial charge in [-0.1, -0.05) is 6.07 Å². The molecule has 0 amide bonds. The summed E-state index contributed by atoms with van der Waals surface area (Å²) in [5, 5.41) is 18.0. The summed E-state index contributed by atoms with van der Waals surface area (Å²) in [5.74, 6) is -0.00183. The molecule has 0 spiro atoms. The number of aliphatic hydroxyl groups excluding tert-OH is 1. The third-order valence-electron chi connectivity index (χ3n) is 4.28. The Morgan fingerprint density at radius 1 is 1.35 bits per heavy atom. The van der Waals surface area contributed by atoms with Gasteiger partial charge in [0.1, 0.15) is 11.9 Å². The smallest absolute Gasteiger partial charge is 0.140 e. The standard InChI is InChI=1S/C16H21FN2O/c1-19(15-5-2-12(11-20)3-6-15)10-13-4-7-16(17)14(8-13)9-18/h4,7-8,12,15,20H,2-3,5-6,10-11H2,1H3. The van der Waals surface area contributed by atoms with Crippen LogP contribution in [0.2, 0.25) is 0 Å². The zero-order valence-corrected chi connectivity index (χ0v) is 11.8. The number of rotatable bonds is 4. The summed E-state index contributed by atoms with van der Waals surface area (Å²) in [6, 6.07) is 7.13. The summed E-state index contributed by atoms with van der Waals surface area (Å²) in [4.78, 5) is 2.27. The number of halogens is 1. The Balaban J connectivity index is 1.95. The fraction of sp³-hybridized carbons (Fsp3) is 0.562. The van der Waals surface area contributed by atoms with Crippen molar-refractivity contribution in [2.24, 2.45) is 5.92 Å². The van der Waals surface area contributed by atoms with Gasteiger partial charge in [0.25, 0.3) is 0 Å². The molecule has 4 heteroatoms. The predicted molar refractivity (Wildman–Crippen MR) is 75.4 cm³/mol. The number of nitrogens with zero attached hydrogens (tertiary/aromatic N) is 2. The first-order valence-electron chi connectivity index (χ1n) is 7.13. The normalized spacial score (nSPS) is 22.8. The van der Waals surface area contributed by atoms with Crippen LogP contribution in [0.15, 0.2) is 18.2 Å². The summed E-state index contributed by atoms with van der Waals surface area (Å²) in [5.41, 5.74) is 1.08. The summed E-state index contributed by atoms with van der Waals surface area (Å²) >= 11 is 0. The highest BCUT2D eigenvalue weighted by molar-refractivity contribution is 5.34. The third-order valence-corrected chi connectivity index (χ3v) is 4.28. The Kier molecular flexibility index (Phi) is 5.11. The average Bonchev–Trinajstić information content (AvgIpc) is 2.49. The predicted octanol–water partition coefficient (Wildman–Crippen LogP) is 2.68. The van der Waals surface area contributed by atoms with E-state index in [1.807, 2.05) is 6.07 Å². The number of hydrogen-bond donors (Lipinski definition) is 1. The molecule has 1 saturated carbocycles. The second kappa shape index (κ2) is 6.83. The van der Waals surface area contributed by atoms with Gasteiger partial charge in [0, 0.05) is 19.2 Å². The Morgan fingerprint density at radius 3 is 2.65 bits per heavy atom. The van der Waals surface area contributed by atoms with E-state index >= 15 is 0 Å². The minimum Gasteiger partial charge on any atom is -0.396 e. The van der Waals surface area contributed by atoms with Crippen LogP contribution in [0, 0.1) is 23.1 Å². The molecule has 0 radical (unpaired) electrons. The van der Waals surface area contributed by atoms with Crippen LogP contribution in [0.1, 0.15) is 36.8 Å². The van der Waals surface area contributed by atoms with Gasteiger partial charge in [-0.3, -0.25) is 4.90 Å². The van der Waals surface area contributed by atoms with Gasteiger partial charge >= 0.3 is 0 Å². The summed E-state index contributed by atoms with van der Waals surface area (Å²) in [7, 11) is 2.07. The SMILES string of the molecule is CN(Cc1ccc(F)c(C#N)c1)C1CCC(CO)CC1. The fourth-order valence-electron chi connectivity index (χ4n) is 2.94. The molecule has 1 aliphatic carbocycles. The molecule has 0 saturated heterocycles. The molecule has 0 heterocycles. The molecule has 1 aromatic rings. The summed E-state index contributed by atoms with van der Waals surface area (Å²) in [6.07, 6.45) is 4.32. The van der Waals surface area contributed by atoms with Crippen molar-refractivity contribution in [2.75, 3.05) is 13.7 Å². The lowest BCUT2D eigenvalue weighted by Gasteiger charge is -2.34. The summed E-state index contributed by atoms with van der Waals surface area (Å²) < 4.78 is 13.3. The molecule has 1 aromatic carbocycles. The van der Waals surface area contributed by atoms with Crippen molar-refractivity contribution in [1.29, 1.82) is 5.26 Å². The minimum absolute atomic E-state index is 0.111. The second-order valence-corrected chi connectivity index (χ2v) is 5.70. The topological polar surface area (TPSA) is 47.3 Å². The van der Waals surface area contributed by atoms with E-state index in [4.69, 9.17) is 10.4 Å². The van der Waals surface area contributed by atoms with Gasteiger partial charge < -0.3 is 5.11 Å². The summed E-state index contributed by atoms with van der Waals surface area (Å²) in [6.45, 7) is 1.02. The highest BCUT2D eigenvalue weighted by Crippen LogP contribution is 2.27. The van der Waals surface area contributed by atoms with E-state index in [-0.39, 0.29) is 5.56 Å². The molecule has 0 aliphatic heterocycles. The van der Waals surface area contributed by atoms with E-state index in [9.17, 15) is 4.39 Å². The third kappa shape index (κ3) is 3.56. The molecule has 1 fully saturated rings. The van der Waals surface area contributed by atoms with Gasteiger partial charge in [-0.25, -0.2) is 4.39 Å². The number of aliphatic hydroxyl groups is 1. The van der Waals surface area contributed by atoms with E-state index < -0.39 is 5.82 Å². The van der Waals surface area contributed by atoms with Gasteiger partial charge in [-0.05, 0) is 56.3 Å². The van der Waals surface area contributed by atoms with Crippen molar-refractivity contribution in [1.82, 2.24) is 4.90 Å². The van der Waals surface area contributed by atoms with Gasteiger partial charge in [-0.2, -0.15) is 5.26 Å². The molecule has 0 unspecified atom stereocenters. The molecule has 20 heavy (non-hydrogen) atoms. The van der Waals surface area contributed by atoms with Crippen LogP contribution in [0.4, 0.5) is 4.39 Å². The molecule has 0 atom stereocenters. The van der Waals surface area contributed by atoms with Crippen molar-refractivity contribution in [2.45, 2.75) is 38.3 Å². The molecule has 0 aromatic heterocycles. The van der Waals surface area contributed by atoms with Crippen molar-refractivity contribution < 1.29 is 9.50 Å². The molecule has 1 N–H and O–H groups in total. The van der Waals surface area contributed by atoms with Crippen LogP contribution in [0.3, 0.4) is 0 Å². The zero-order chi connectivity index (χ0) is 14.5. The second-order valence-electron chi connectivity index (χ2n) is 5.70. The molecule has 2 rings (SSSR count). The van der Waals surface area contributed by atoms with Crippen LogP contribution in [0.25, 0.3) is 0 Å². The first kappa shape index (κ1) is 15.0. The minimum atomic E-state index is -0.456. The van der Waals surface area contributed by atoms with Crippen LogP contribution < -0.4 is 0 Å². The van der Waals surface area contributed by atoms with E-state index in [1.165, 1.54) is 6.07 Å². The lowest BCUT2D eigenvalue weighted by Crippen LogP contribution is -2.35. The number of nitriles is 1. The highest BCUT2D eigenvalue weighted by Gasteiger charge is 2.23. The molecular formula is C16H21FN2O. The lowest BCUT2D eigenvalue weighted by molar-refractivity contribution is 0.124. The first-order chi connectivity index (χ1) is 9.63. The molecular weight excluding hydrogens is 255 g/mol. The molecule has 0 bridgehead atoms. The Labute approximate surface area is 119 Å². The zero-order valence-electron chi connectivity index (χ0n) is 11.8. The fourth-order valence-corrected chi connectivity index (χ4v) is 2.94. The van der Waals surface area contributed by atoms with Gasteiger partial charge in [0.2, 0.25) is 0 Å². The molecule has 1 aliphatic rings. The van der Waals surface area contributed by atoms with Gasteiger partial charge in [0.15, 0.2) is 0 Å². The van der Waals surface area contributed by atoms with E-state index in [2.05, 4.69) is 11.9 Å². The first-order valence-corrected chi connectivity index (χ1v) is 7.13. The van der Waals surface area contributed by atoms with Crippen LogP contribution in [-0.2, 0) is 6.54 Å². The highest BCUT2D eigenvalue weighted by atomic mass is 19.1. The van der Waals surface area contributed by atoms with Crippen LogP contribution >= 0.6 is 0 Å². The Hall–Kier alpha value is -1.44. The Bertz CT molecular complexity index is 490. The van der Waals surface area contributed by atoms with Crippen molar-refractivity contribution in [3.8, 4) is 6.07 Å². The maximum atomic E-state index is 13.3. The van der Waals surface area contributed by atoms with Crippen molar-refractivity contribution >= 4 is 0 Å². The monoisotopic (exact) mass is 276 g/mol. The van der Waals surface area contributed by atoms with E-state index in [1.54, 1.807) is 12.1 Å². The quantitative estimate of drug-likeness (QED) is 0.919. The van der Waals surface area contributed by atoms with Crippen LogP contribution in [0.5, 0.6) is 0 Å². The maximum Gasteiger partial charge on any atom is 0.140 e. The van der Waals surface area contributed by atoms with Crippen molar-refractivity contribution in [3.05, 3.63) is 35.1 Å². The average molecular weight is 276 g/mol. The van der Waals surface area contributed by atoms with Crippen molar-refractivity contribution in [3.63, 3.8) is 0 Å². The van der Waals surface area contributed by atoms with E-state index in [0.29, 0.717) is 18.6 Å². The van der Waals surface area contributed by atoms with Gasteiger partial charge in [0.05, 0.1) is 5.56 Å². The molecule has 108 valence electrons. The largest absolute Gasteiger partial charge is 0.396 e. The van der Waals surface area contributed by atoms with Crippen LogP contribution in [-0.4, -0.2) is 29.7 Å². The van der Waals surface area contributed by atoms with E-state index in [0.717, 1.165) is 37.8 Å². The number of hydrogen-bond acceptors (Lipinski definition) is 3. The maximum absolute atomic E-state index is 13.3.